The Morgan fingerprint density at radius 1 is 1.32 bits per heavy atom. The van der Waals surface area contributed by atoms with Crippen LogP contribution in [0.15, 0.2) is 0 Å². The van der Waals surface area contributed by atoms with Gasteiger partial charge in [0, 0.05) is 19.0 Å². The number of amides is 1. The standard InChI is InChI=1S/C12H16N4O3/c17-11(10-13-9(14-15-10)7-3-4-7)16-5-1-2-8(6-16)12(18)19/h7-8H,1-6H2,(H,18,19)(H,13,14,15). The first-order chi connectivity index (χ1) is 9.15. The van der Waals surface area contributed by atoms with Crippen LogP contribution in [0.5, 0.6) is 0 Å². The zero-order chi connectivity index (χ0) is 13.4. The Morgan fingerprint density at radius 2 is 2.11 bits per heavy atom. The van der Waals surface area contributed by atoms with Crippen molar-refractivity contribution < 1.29 is 14.7 Å². The van der Waals surface area contributed by atoms with E-state index in [9.17, 15) is 9.59 Å². The molecule has 2 heterocycles. The molecule has 1 saturated carbocycles. The number of rotatable bonds is 3. The highest BCUT2D eigenvalue weighted by Gasteiger charge is 2.32. The Balaban J connectivity index is 1.69. The van der Waals surface area contributed by atoms with Crippen molar-refractivity contribution in [3.05, 3.63) is 11.6 Å². The number of carboxylic acids is 1. The molecule has 3 rings (SSSR count). The molecule has 7 nitrogen and oxygen atoms in total. The SMILES string of the molecule is O=C(O)C1CCCN(C(=O)c2n[nH]c(C3CC3)n2)C1. The third kappa shape index (κ3) is 2.45. The smallest absolute Gasteiger partial charge is 0.308 e. The van der Waals surface area contributed by atoms with Crippen LogP contribution in [0.1, 0.15) is 48.0 Å². The van der Waals surface area contributed by atoms with Gasteiger partial charge in [-0.15, -0.1) is 5.10 Å². The summed E-state index contributed by atoms with van der Waals surface area (Å²) >= 11 is 0. The van der Waals surface area contributed by atoms with Gasteiger partial charge >= 0.3 is 5.97 Å². The number of aliphatic carboxylic acids is 1. The summed E-state index contributed by atoms with van der Waals surface area (Å²) in [6, 6.07) is 0. The fraction of sp³-hybridized carbons (Fsp3) is 0.667. The van der Waals surface area contributed by atoms with Gasteiger partial charge < -0.3 is 10.0 Å². The molecular formula is C12H16N4O3. The highest BCUT2D eigenvalue weighted by atomic mass is 16.4. The van der Waals surface area contributed by atoms with Crippen molar-refractivity contribution in [3.8, 4) is 0 Å². The molecule has 1 unspecified atom stereocenters. The Labute approximate surface area is 110 Å². The number of nitrogens with zero attached hydrogens (tertiary/aromatic N) is 3. The Kier molecular flexibility index (Phi) is 2.96. The minimum Gasteiger partial charge on any atom is -0.481 e. The summed E-state index contributed by atoms with van der Waals surface area (Å²) in [5.74, 6) is -0.231. The minimum absolute atomic E-state index is 0.160. The molecule has 2 aliphatic rings. The number of carboxylic acid groups (broad SMARTS) is 1. The lowest BCUT2D eigenvalue weighted by Gasteiger charge is -2.29. The van der Waals surface area contributed by atoms with Gasteiger partial charge in [-0.25, -0.2) is 4.98 Å². The van der Waals surface area contributed by atoms with Crippen LogP contribution in [0, 0.1) is 5.92 Å². The lowest BCUT2D eigenvalue weighted by atomic mass is 9.98. The molecule has 2 fully saturated rings. The van der Waals surface area contributed by atoms with Gasteiger partial charge in [-0.2, -0.15) is 0 Å². The summed E-state index contributed by atoms with van der Waals surface area (Å²) in [6.45, 7) is 0.831. The molecule has 1 aliphatic carbocycles. The van der Waals surface area contributed by atoms with Crippen molar-refractivity contribution in [2.75, 3.05) is 13.1 Å². The van der Waals surface area contributed by atoms with E-state index in [2.05, 4.69) is 15.2 Å². The van der Waals surface area contributed by atoms with Crippen LogP contribution in [0.3, 0.4) is 0 Å². The predicted octanol–water partition coefficient (Wildman–Crippen LogP) is 0.619. The molecule has 1 aromatic heterocycles. The number of hydrogen-bond acceptors (Lipinski definition) is 4. The highest BCUT2D eigenvalue weighted by molar-refractivity contribution is 5.90. The number of hydrogen-bond donors (Lipinski definition) is 2. The molecule has 0 radical (unpaired) electrons. The first kappa shape index (κ1) is 12.1. The first-order valence-electron chi connectivity index (χ1n) is 6.59. The van der Waals surface area contributed by atoms with E-state index < -0.39 is 11.9 Å². The van der Waals surface area contributed by atoms with E-state index in [1.165, 1.54) is 0 Å². The van der Waals surface area contributed by atoms with Crippen molar-refractivity contribution in [1.82, 2.24) is 20.1 Å². The lowest BCUT2D eigenvalue weighted by molar-refractivity contribution is -0.143. The molecule has 0 aromatic carbocycles. The molecule has 1 atom stereocenters. The largest absolute Gasteiger partial charge is 0.481 e. The summed E-state index contributed by atoms with van der Waals surface area (Å²) in [6.07, 6.45) is 3.52. The van der Waals surface area contributed by atoms with Gasteiger partial charge in [0.1, 0.15) is 5.82 Å². The monoisotopic (exact) mass is 264 g/mol. The zero-order valence-electron chi connectivity index (χ0n) is 10.5. The minimum atomic E-state index is -0.842. The molecule has 1 aliphatic heterocycles. The van der Waals surface area contributed by atoms with Crippen molar-refractivity contribution in [2.45, 2.75) is 31.6 Å². The zero-order valence-corrected chi connectivity index (χ0v) is 10.5. The van der Waals surface area contributed by atoms with Gasteiger partial charge in [0.2, 0.25) is 5.82 Å². The maximum Gasteiger partial charge on any atom is 0.308 e. The number of carbonyl (C=O) groups is 2. The summed E-state index contributed by atoms with van der Waals surface area (Å²) in [7, 11) is 0. The Morgan fingerprint density at radius 3 is 2.79 bits per heavy atom. The summed E-state index contributed by atoms with van der Waals surface area (Å²) in [5.41, 5.74) is 0. The normalized spacial score (nSPS) is 23.4. The molecule has 19 heavy (non-hydrogen) atoms. The van der Waals surface area contributed by atoms with E-state index in [-0.39, 0.29) is 18.3 Å². The maximum atomic E-state index is 12.2. The average Bonchev–Trinajstić information content (AvgIpc) is 3.16. The summed E-state index contributed by atoms with van der Waals surface area (Å²) in [4.78, 5) is 29.0. The second kappa shape index (κ2) is 4.64. The molecule has 0 bridgehead atoms. The van der Waals surface area contributed by atoms with Gasteiger partial charge in [0.05, 0.1) is 5.92 Å². The van der Waals surface area contributed by atoms with E-state index in [1.807, 2.05) is 0 Å². The fourth-order valence-corrected chi connectivity index (χ4v) is 2.41. The number of likely N-dealkylation sites (tertiary alicyclic amines) is 1. The number of nitrogens with one attached hydrogen (secondary N) is 1. The highest BCUT2D eigenvalue weighted by Crippen LogP contribution is 2.37. The average molecular weight is 264 g/mol. The molecule has 7 heteroatoms. The van der Waals surface area contributed by atoms with Gasteiger partial charge in [-0.3, -0.25) is 14.7 Å². The van der Waals surface area contributed by atoms with Crippen LogP contribution >= 0.6 is 0 Å². The molecule has 1 aromatic rings. The van der Waals surface area contributed by atoms with Crippen LogP contribution in [-0.2, 0) is 4.79 Å². The van der Waals surface area contributed by atoms with Crippen molar-refractivity contribution in [2.24, 2.45) is 5.92 Å². The van der Waals surface area contributed by atoms with E-state index in [4.69, 9.17) is 5.11 Å². The van der Waals surface area contributed by atoms with E-state index in [1.54, 1.807) is 4.90 Å². The van der Waals surface area contributed by atoms with Crippen LogP contribution in [0.4, 0.5) is 0 Å². The Hall–Kier alpha value is -1.92. The second-order valence-corrected chi connectivity index (χ2v) is 5.25. The van der Waals surface area contributed by atoms with Crippen LogP contribution in [0.25, 0.3) is 0 Å². The predicted molar refractivity (Wildman–Crippen MR) is 64.6 cm³/mol. The number of H-pyrrole nitrogens is 1. The van der Waals surface area contributed by atoms with Gasteiger partial charge in [0.15, 0.2) is 0 Å². The molecule has 2 N–H and O–H groups in total. The van der Waals surface area contributed by atoms with Gasteiger partial charge in [-0.05, 0) is 25.7 Å². The van der Waals surface area contributed by atoms with Gasteiger partial charge in [-0.1, -0.05) is 0 Å². The summed E-state index contributed by atoms with van der Waals surface area (Å²) < 4.78 is 0. The van der Waals surface area contributed by atoms with Crippen LogP contribution in [0.2, 0.25) is 0 Å². The van der Waals surface area contributed by atoms with Crippen molar-refractivity contribution in [3.63, 3.8) is 0 Å². The number of piperidine rings is 1. The van der Waals surface area contributed by atoms with E-state index in [0.717, 1.165) is 18.7 Å². The quantitative estimate of drug-likeness (QED) is 0.833. The molecule has 0 spiro atoms. The third-order valence-electron chi connectivity index (χ3n) is 3.72. The number of aromatic amines is 1. The maximum absolute atomic E-state index is 12.2. The molecule has 102 valence electrons. The first-order valence-corrected chi connectivity index (χ1v) is 6.59. The van der Waals surface area contributed by atoms with Crippen LogP contribution < -0.4 is 0 Å². The summed E-state index contributed by atoms with van der Waals surface area (Å²) in [5, 5.41) is 15.8. The fourth-order valence-electron chi connectivity index (χ4n) is 2.41. The van der Waals surface area contributed by atoms with E-state index >= 15 is 0 Å². The second-order valence-electron chi connectivity index (χ2n) is 5.25. The van der Waals surface area contributed by atoms with Crippen molar-refractivity contribution in [1.29, 1.82) is 0 Å². The molecule has 1 saturated heterocycles. The Bertz CT molecular complexity index is 509. The van der Waals surface area contributed by atoms with Crippen LogP contribution in [-0.4, -0.2) is 50.2 Å². The third-order valence-corrected chi connectivity index (χ3v) is 3.72. The lowest BCUT2D eigenvalue weighted by Crippen LogP contribution is -2.42. The topological polar surface area (TPSA) is 99.2 Å². The number of carbonyl (C=O) groups excluding carboxylic acids is 1. The van der Waals surface area contributed by atoms with Crippen molar-refractivity contribution >= 4 is 11.9 Å². The van der Waals surface area contributed by atoms with E-state index in [0.29, 0.717) is 25.3 Å². The molecule has 1 amide bonds. The number of aromatic nitrogens is 3. The van der Waals surface area contributed by atoms with Gasteiger partial charge in [0.25, 0.3) is 5.91 Å². The molecular weight excluding hydrogens is 248 g/mol.